The van der Waals surface area contributed by atoms with E-state index in [0.29, 0.717) is 56.8 Å². The summed E-state index contributed by atoms with van der Waals surface area (Å²) >= 11 is 0. The van der Waals surface area contributed by atoms with Crippen LogP contribution in [0.1, 0.15) is 103 Å². The first-order chi connectivity index (χ1) is 38.3. The monoisotopic (exact) mass is 1110 g/mol. The number of carbonyl (C=O) groups excluding carboxylic acids is 8. The topological polar surface area (TPSA) is 299 Å². The lowest BCUT2D eigenvalue weighted by Crippen LogP contribution is -2.58. The number of phenolic OH excluding ortho intramolecular Hbond substituents is 2. The number of amides is 6. The first-order valence-corrected chi connectivity index (χ1v) is 28.7. The van der Waals surface area contributed by atoms with Crippen LogP contribution in [-0.4, -0.2) is 193 Å². The molecule has 438 valence electrons. The van der Waals surface area contributed by atoms with Crippen molar-refractivity contribution in [2.75, 3.05) is 72.3 Å². The highest BCUT2D eigenvalue weighted by molar-refractivity contribution is 6.00. The molecule has 0 bridgehead atoms. The van der Waals surface area contributed by atoms with Gasteiger partial charge in [-0.1, -0.05) is 75.6 Å². The number of epoxide rings is 2. The summed E-state index contributed by atoms with van der Waals surface area (Å²) in [5.74, 6) is -3.28. The van der Waals surface area contributed by atoms with Crippen LogP contribution in [0.25, 0.3) is 0 Å². The molecule has 6 aliphatic rings. The van der Waals surface area contributed by atoms with Crippen LogP contribution in [0.2, 0.25) is 0 Å². The third-order valence-corrected chi connectivity index (χ3v) is 16.5. The van der Waals surface area contributed by atoms with Gasteiger partial charge in [0, 0.05) is 45.4 Å². The van der Waals surface area contributed by atoms with Gasteiger partial charge in [0.15, 0.2) is 17.2 Å². The molecule has 80 heavy (non-hydrogen) atoms. The van der Waals surface area contributed by atoms with Crippen LogP contribution in [0.4, 0.5) is 0 Å². The average Bonchev–Trinajstić information content (AvgIpc) is 4.26. The maximum Gasteiger partial charge on any atom is 0.243 e. The van der Waals surface area contributed by atoms with Crippen LogP contribution >= 0.6 is 0 Å². The quantitative estimate of drug-likeness (QED) is 0.0554. The normalized spacial score (nSPS) is 24.7. The molecule has 2 aliphatic carbocycles. The Morgan fingerprint density at radius 2 is 1.09 bits per heavy atom. The minimum Gasteiger partial charge on any atom is -0.508 e. The zero-order valence-corrected chi connectivity index (χ0v) is 46.5. The van der Waals surface area contributed by atoms with Gasteiger partial charge in [0.05, 0.1) is 64.3 Å². The molecule has 9 atom stereocenters. The van der Waals surface area contributed by atoms with Gasteiger partial charge in [-0.05, 0) is 80.8 Å². The molecule has 0 spiro atoms. The van der Waals surface area contributed by atoms with Gasteiger partial charge < -0.3 is 61.1 Å². The summed E-state index contributed by atoms with van der Waals surface area (Å²) in [6.45, 7) is 8.17. The molecule has 8 N–H and O–H groups in total. The molecule has 9 unspecified atom stereocenters. The van der Waals surface area contributed by atoms with E-state index in [-0.39, 0.29) is 99.5 Å². The van der Waals surface area contributed by atoms with Crippen LogP contribution in [0, 0.1) is 11.8 Å². The van der Waals surface area contributed by atoms with E-state index < -0.39 is 83.1 Å². The van der Waals surface area contributed by atoms with E-state index in [9.17, 15) is 48.6 Å². The van der Waals surface area contributed by atoms with Gasteiger partial charge in [0.1, 0.15) is 41.3 Å². The highest BCUT2D eigenvalue weighted by Gasteiger charge is 2.56. The zero-order chi connectivity index (χ0) is 57.0. The highest BCUT2D eigenvalue weighted by atomic mass is 16.6. The standard InChI is InChI=1S/C58H82N8O14/c1-36(59-49(69)32-65-19-22-77-23-20-65)53(73)63-47(28-40-15-17-42(67)18-16-40)55(75)62-46(27-39-11-6-7-12-39)52(72)58(35-80-58)30-44-31-66(21-24-78-44)33-50(70)60-37(2)54(74)64-48(29-41-13-8-14-43(68)25-41)56(76)61-45(26-38-9-4-5-10-38)51(71)57(3)34-79-57/h8,13-18,25,36-39,44-48,67-68H,4-7,9-12,19-24,26-35H2,1-3H3,(H,59,69)(H,60,70)(H,61,76)(H,62,75)(H,63,73)(H,64,74). The molecule has 22 heteroatoms. The van der Waals surface area contributed by atoms with Gasteiger partial charge in [-0.15, -0.1) is 0 Å². The molecule has 0 radical (unpaired) electrons. The van der Waals surface area contributed by atoms with E-state index in [4.69, 9.17) is 18.9 Å². The van der Waals surface area contributed by atoms with Crippen LogP contribution < -0.4 is 31.9 Å². The lowest BCUT2D eigenvalue weighted by atomic mass is 9.87. The fourth-order valence-electron chi connectivity index (χ4n) is 11.6. The molecule has 2 saturated carbocycles. The van der Waals surface area contributed by atoms with Crippen molar-refractivity contribution >= 4 is 47.0 Å². The molecule has 0 aromatic heterocycles. The Labute approximate surface area is 467 Å². The smallest absolute Gasteiger partial charge is 0.243 e. The number of nitrogens with one attached hydrogen (secondary N) is 6. The van der Waals surface area contributed by atoms with Crippen LogP contribution in [0.3, 0.4) is 0 Å². The fraction of sp³-hybridized carbons (Fsp3) is 0.655. The fourth-order valence-corrected chi connectivity index (χ4v) is 11.6. The second kappa shape index (κ2) is 27.6. The number of morpholine rings is 2. The van der Waals surface area contributed by atoms with Crippen molar-refractivity contribution in [1.82, 2.24) is 41.7 Å². The van der Waals surface area contributed by atoms with Gasteiger partial charge >= 0.3 is 0 Å². The van der Waals surface area contributed by atoms with Gasteiger partial charge in [-0.3, -0.25) is 48.2 Å². The molecule has 6 amide bonds. The maximum absolute atomic E-state index is 14.8. The lowest BCUT2D eigenvalue weighted by Gasteiger charge is -2.34. The predicted molar refractivity (Wildman–Crippen MR) is 291 cm³/mol. The second-order valence-electron chi connectivity index (χ2n) is 23.2. The summed E-state index contributed by atoms with van der Waals surface area (Å²) in [6.07, 6.45) is 8.25. The number of carbonyl (C=O) groups is 8. The van der Waals surface area contributed by atoms with Crippen molar-refractivity contribution in [3.05, 3.63) is 59.7 Å². The van der Waals surface area contributed by atoms with Crippen molar-refractivity contribution in [3.63, 3.8) is 0 Å². The lowest BCUT2D eigenvalue weighted by molar-refractivity contribution is -0.136. The minimum atomic E-state index is -1.27. The Bertz CT molecular complexity index is 2510. The van der Waals surface area contributed by atoms with E-state index in [0.717, 1.165) is 51.4 Å². The van der Waals surface area contributed by atoms with Crippen molar-refractivity contribution < 1.29 is 67.5 Å². The summed E-state index contributed by atoms with van der Waals surface area (Å²) in [6, 6.07) is 6.41. The number of aromatic hydroxyl groups is 2. The summed E-state index contributed by atoms with van der Waals surface area (Å²) < 4.78 is 23.0. The van der Waals surface area contributed by atoms with Crippen LogP contribution in [-0.2, 0) is 70.1 Å². The molecule has 8 rings (SSSR count). The molecule has 2 aromatic carbocycles. The van der Waals surface area contributed by atoms with Gasteiger partial charge in [0.2, 0.25) is 35.4 Å². The SMILES string of the molecule is CC(NC(=O)CN1CCOC(CC2(C(=O)C(CC3CCCC3)NC(=O)C(Cc3ccc(O)cc3)NC(=O)C(C)NC(=O)CN3CCOCC3)CO2)C1)C(=O)NC(Cc1cccc(O)c1)C(=O)NC(CC1CCCC1)C(=O)C1(C)CO1. The highest BCUT2D eigenvalue weighted by Crippen LogP contribution is 2.39. The molecule has 4 aliphatic heterocycles. The van der Waals surface area contributed by atoms with E-state index in [1.54, 1.807) is 31.2 Å². The number of hydrogen-bond donors (Lipinski definition) is 8. The third-order valence-electron chi connectivity index (χ3n) is 16.5. The van der Waals surface area contributed by atoms with Gasteiger partial charge in [-0.2, -0.15) is 0 Å². The number of rotatable bonds is 28. The minimum absolute atomic E-state index is 0.000982. The molecular formula is C58H82N8O14. The average molecular weight is 1120 g/mol. The Kier molecular flexibility index (Phi) is 20.7. The molecular weight excluding hydrogens is 1030 g/mol. The largest absolute Gasteiger partial charge is 0.508 e. The molecule has 4 saturated heterocycles. The summed E-state index contributed by atoms with van der Waals surface area (Å²) in [5, 5.41) is 37.2. The first-order valence-electron chi connectivity index (χ1n) is 28.7. The Morgan fingerprint density at radius 3 is 1.61 bits per heavy atom. The number of phenols is 2. The Balaban J connectivity index is 0.870. The number of benzene rings is 2. The first kappa shape index (κ1) is 60.1. The Morgan fingerprint density at radius 1 is 0.588 bits per heavy atom. The van der Waals surface area contributed by atoms with E-state index in [1.807, 2.05) is 9.80 Å². The molecule has 2 aromatic rings. The number of nitrogens with zero attached hydrogens (tertiary/aromatic N) is 2. The summed E-state index contributed by atoms with van der Waals surface area (Å²) in [4.78, 5) is 115. The van der Waals surface area contributed by atoms with Crippen molar-refractivity contribution in [2.45, 2.75) is 158 Å². The van der Waals surface area contributed by atoms with Crippen LogP contribution in [0.15, 0.2) is 48.5 Å². The number of ether oxygens (including phenoxy) is 4. The molecule has 4 heterocycles. The van der Waals surface area contributed by atoms with Gasteiger partial charge in [0.25, 0.3) is 0 Å². The summed E-state index contributed by atoms with van der Waals surface area (Å²) in [7, 11) is 0. The molecule has 22 nitrogen and oxygen atoms in total. The zero-order valence-electron chi connectivity index (χ0n) is 46.5. The number of ketones is 2. The third kappa shape index (κ3) is 17.2. The summed E-state index contributed by atoms with van der Waals surface area (Å²) in [5.41, 5.74) is -1.04. The van der Waals surface area contributed by atoms with Gasteiger partial charge in [-0.25, -0.2) is 0 Å². The van der Waals surface area contributed by atoms with E-state index >= 15 is 0 Å². The second-order valence-corrected chi connectivity index (χ2v) is 23.2. The van der Waals surface area contributed by atoms with Crippen LogP contribution in [0.5, 0.6) is 11.5 Å². The Hall–Kier alpha value is -6.04. The van der Waals surface area contributed by atoms with E-state index in [1.165, 1.54) is 38.1 Å². The maximum atomic E-state index is 14.8. The van der Waals surface area contributed by atoms with Crippen molar-refractivity contribution in [2.24, 2.45) is 11.8 Å². The van der Waals surface area contributed by atoms with Crippen molar-refractivity contribution in [1.29, 1.82) is 0 Å². The van der Waals surface area contributed by atoms with Crippen molar-refractivity contribution in [3.8, 4) is 11.5 Å². The number of Topliss-reactive ketones (excluding diaryl/α,β-unsaturated/α-hetero) is 2. The predicted octanol–water partition coefficient (Wildman–Crippen LogP) is 1.11. The number of hydrogen-bond acceptors (Lipinski definition) is 16. The van der Waals surface area contributed by atoms with E-state index in [2.05, 4.69) is 31.9 Å². The molecule has 6 fully saturated rings.